The second-order valence-corrected chi connectivity index (χ2v) is 9.07. The van der Waals surface area contributed by atoms with Crippen LogP contribution in [0.4, 0.5) is 5.69 Å². The van der Waals surface area contributed by atoms with Crippen molar-refractivity contribution in [2.24, 2.45) is 5.92 Å². The van der Waals surface area contributed by atoms with Crippen molar-refractivity contribution in [3.8, 4) is 33.9 Å². The first-order chi connectivity index (χ1) is 17.7. The van der Waals surface area contributed by atoms with Crippen LogP contribution in [-0.4, -0.2) is 36.0 Å². The van der Waals surface area contributed by atoms with Gasteiger partial charge in [0.15, 0.2) is 5.82 Å². The molecule has 1 aromatic carbocycles. The molecule has 5 heterocycles. The molecule has 176 valence electrons. The number of anilines is 1. The van der Waals surface area contributed by atoms with Crippen molar-refractivity contribution in [1.82, 2.24) is 30.1 Å². The Morgan fingerprint density at radius 3 is 2.78 bits per heavy atom. The normalized spacial score (nSPS) is 13.8. The van der Waals surface area contributed by atoms with Crippen LogP contribution < -0.4 is 5.32 Å². The Labute approximate surface area is 205 Å². The second-order valence-electron chi connectivity index (χ2n) is 9.07. The minimum Gasteiger partial charge on any atom is -0.472 e. The monoisotopic (exact) mass is 475 g/mol. The molecule has 1 aliphatic carbocycles. The lowest BCUT2D eigenvalue weighted by atomic mass is 9.85. The average Bonchev–Trinajstić information content (AvgIpc) is 3.61. The Kier molecular flexibility index (Phi) is 4.66. The lowest BCUT2D eigenvalue weighted by Crippen LogP contribution is -2.28. The number of hydrogen-bond donors (Lipinski definition) is 3. The smallest absolute Gasteiger partial charge is 0.227 e. The molecule has 0 spiro atoms. The predicted octanol–water partition coefficient (Wildman–Crippen LogP) is 5.56. The SMILES string of the molecule is O=C(Nc1cncc(-c2ccc3[nH]nc(-c4nc5c(-c6ccoc6)nccc5[nH]4)c3c2)c1)C1CCC1. The Hall–Kier alpha value is -4.79. The minimum atomic E-state index is 0.0712. The summed E-state index contributed by atoms with van der Waals surface area (Å²) in [7, 11) is 0. The van der Waals surface area contributed by atoms with Gasteiger partial charge in [-0.3, -0.25) is 19.9 Å². The van der Waals surface area contributed by atoms with Crippen LogP contribution in [0.3, 0.4) is 0 Å². The van der Waals surface area contributed by atoms with Gasteiger partial charge in [-0.1, -0.05) is 12.5 Å². The van der Waals surface area contributed by atoms with E-state index in [9.17, 15) is 4.79 Å². The molecule has 9 nitrogen and oxygen atoms in total. The van der Waals surface area contributed by atoms with Gasteiger partial charge >= 0.3 is 0 Å². The molecule has 0 unspecified atom stereocenters. The van der Waals surface area contributed by atoms with E-state index in [0.29, 0.717) is 17.2 Å². The van der Waals surface area contributed by atoms with Crippen LogP contribution >= 0.6 is 0 Å². The topological polar surface area (TPSA) is 125 Å². The van der Waals surface area contributed by atoms with Crippen LogP contribution in [0.25, 0.3) is 55.8 Å². The molecule has 6 aromatic rings. The maximum atomic E-state index is 12.4. The third kappa shape index (κ3) is 3.44. The highest BCUT2D eigenvalue weighted by atomic mass is 16.3. The van der Waals surface area contributed by atoms with E-state index in [4.69, 9.17) is 9.40 Å². The van der Waals surface area contributed by atoms with Crippen LogP contribution in [0.15, 0.2) is 71.9 Å². The molecular formula is C27H21N7O2. The summed E-state index contributed by atoms with van der Waals surface area (Å²) >= 11 is 0. The van der Waals surface area contributed by atoms with E-state index in [0.717, 1.165) is 63.6 Å². The number of nitrogens with zero attached hydrogens (tertiary/aromatic N) is 4. The summed E-state index contributed by atoms with van der Waals surface area (Å²) in [6.07, 6.45) is 11.5. The first-order valence-electron chi connectivity index (χ1n) is 11.8. The van der Waals surface area contributed by atoms with E-state index >= 15 is 0 Å². The fourth-order valence-corrected chi connectivity index (χ4v) is 4.61. The number of nitrogens with one attached hydrogen (secondary N) is 3. The van der Waals surface area contributed by atoms with Crippen LogP contribution in [0.1, 0.15) is 19.3 Å². The number of aromatic nitrogens is 6. The summed E-state index contributed by atoms with van der Waals surface area (Å²) in [5, 5.41) is 11.6. The summed E-state index contributed by atoms with van der Waals surface area (Å²) < 4.78 is 5.24. The highest BCUT2D eigenvalue weighted by Gasteiger charge is 2.25. The summed E-state index contributed by atoms with van der Waals surface area (Å²) in [4.78, 5) is 29.5. The van der Waals surface area contributed by atoms with E-state index in [-0.39, 0.29) is 11.8 Å². The van der Waals surface area contributed by atoms with Gasteiger partial charge in [-0.2, -0.15) is 5.10 Å². The molecular weight excluding hydrogens is 454 g/mol. The number of rotatable bonds is 5. The standard InChI is InChI=1S/C27H21N7O2/c35-27(15-2-1-3-15)30-19-10-18(12-28-13-19)16-4-5-21-20(11-16)24(34-33-21)26-31-22-6-8-29-23(25(22)32-26)17-7-9-36-14-17/h4-15H,1-3H2,(H,30,35)(H,31,32)(H,33,34). The summed E-state index contributed by atoms with van der Waals surface area (Å²) in [6, 6.07) is 11.8. The summed E-state index contributed by atoms with van der Waals surface area (Å²) in [6.45, 7) is 0. The predicted molar refractivity (Wildman–Crippen MR) is 136 cm³/mol. The number of carbonyl (C=O) groups is 1. The van der Waals surface area contributed by atoms with E-state index in [1.807, 2.05) is 30.3 Å². The highest BCUT2D eigenvalue weighted by molar-refractivity contribution is 5.98. The fraction of sp³-hybridized carbons (Fsp3) is 0.148. The Morgan fingerprint density at radius 1 is 1.00 bits per heavy atom. The van der Waals surface area contributed by atoms with Gasteiger partial charge in [0.05, 0.1) is 35.4 Å². The van der Waals surface area contributed by atoms with Gasteiger partial charge in [-0.15, -0.1) is 0 Å². The van der Waals surface area contributed by atoms with Crippen molar-refractivity contribution < 1.29 is 9.21 Å². The second kappa shape index (κ2) is 8.16. The molecule has 0 atom stereocenters. The third-order valence-electron chi connectivity index (χ3n) is 6.80. The van der Waals surface area contributed by atoms with Crippen LogP contribution in [0, 0.1) is 5.92 Å². The van der Waals surface area contributed by atoms with Crippen LogP contribution in [0.5, 0.6) is 0 Å². The maximum absolute atomic E-state index is 12.4. The highest BCUT2D eigenvalue weighted by Crippen LogP contribution is 2.33. The Morgan fingerprint density at radius 2 is 1.94 bits per heavy atom. The van der Waals surface area contributed by atoms with Gasteiger partial charge in [0.25, 0.3) is 0 Å². The lowest BCUT2D eigenvalue weighted by Gasteiger charge is -2.24. The molecule has 36 heavy (non-hydrogen) atoms. The molecule has 0 aliphatic heterocycles. The fourth-order valence-electron chi connectivity index (χ4n) is 4.61. The van der Waals surface area contributed by atoms with Crippen molar-refractivity contribution in [3.05, 3.63) is 67.5 Å². The first kappa shape index (κ1) is 20.6. The number of H-pyrrole nitrogens is 2. The minimum absolute atomic E-state index is 0.0712. The zero-order chi connectivity index (χ0) is 24.1. The third-order valence-corrected chi connectivity index (χ3v) is 6.80. The molecule has 1 saturated carbocycles. The molecule has 9 heteroatoms. The van der Waals surface area contributed by atoms with E-state index < -0.39 is 0 Å². The van der Waals surface area contributed by atoms with Crippen molar-refractivity contribution in [2.75, 3.05) is 5.32 Å². The van der Waals surface area contributed by atoms with Gasteiger partial charge in [-0.25, -0.2) is 4.98 Å². The van der Waals surface area contributed by atoms with Gasteiger partial charge < -0.3 is 14.7 Å². The number of carbonyl (C=O) groups excluding carboxylic acids is 1. The van der Waals surface area contributed by atoms with E-state index in [1.54, 1.807) is 31.1 Å². The number of benzene rings is 1. The lowest BCUT2D eigenvalue weighted by molar-refractivity contribution is -0.122. The average molecular weight is 476 g/mol. The number of amides is 1. The number of furan rings is 1. The molecule has 0 saturated heterocycles. The summed E-state index contributed by atoms with van der Waals surface area (Å²) in [5.41, 5.74) is 7.41. The van der Waals surface area contributed by atoms with Crippen LogP contribution in [-0.2, 0) is 4.79 Å². The number of imidazole rings is 1. The van der Waals surface area contributed by atoms with Crippen LogP contribution in [0.2, 0.25) is 0 Å². The molecule has 1 aliphatic rings. The molecule has 0 radical (unpaired) electrons. The molecule has 0 bridgehead atoms. The molecule has 7 rings (SSSR count). The van der Waals surface area contributed by atoms with Crippen molar-refractivity contribution in [3.63, 3.8) is 0 Å². The number of hydrogen-bond acceptors (Lipinski definition) is 6. The molecule has 5 aromatic heterocycles. The number of aromatic amines is 2. The zero-order valence-electron chi connectivity index (χ0n) is 19.2. The van der Waals surface area contributed by atoms with Crippen molar-refractivity contribution >= 4 is 33.5 Å². The number of pyridine rings is 2. The van der Waals surface area contributed by atoms with Gasteiger partial charge in [0, 0.05) is 34.8 Å². The van der Waals surface area contributed by atoms with E-state index in [1.165, 1.54) is 0 Å². The largest absolute Gasteiger partial charge is 0.472 e. The first-order valence-corrected chi connectivity index (χ1v) is 11.8. The van der Waals surface area contributed by atoms with Gasteiger partial charge in [0.1, 0.15) is 16.9 Å². The molecule has 3 N–H and O–H groups in total. The Balaban J connectivity index is 1.26. The summed E-state index contributed by atoms with van der Waals surface area (Å²) in [5.74, 6) is 0.833. The van der Waals surface area contributed by atoms with Crippen molar-refractivity contribution in [2.45, 2.75) is 19.3 Å². The Bertz CT molecular complexity index is 1730. The maximum Gasteiger partial charge on any atom is 0.227 e. The van der Waals surface area contributed by atoms with Gasteiger partial charge in [0.2, 0.25) is 5.91 Å². The van der Waals surface area contributed by atoms with E-state index in [2.05, 4.69) is 36.5 Å². The zero-order valence-corrected chi connectivity index (χ0v) is 19.2. The molecule has 1 amide bonds. The van der Waals surface area contributed by atoms with Crippen molar-refractivity contribution in [1.29, 1.82) is 0 Å². The molecule has 1 fully saturated rings. The number of fused-ring (bicyclic) bond motifs is 2. The van der Waals surface area contributed by atoms with Gasteiger partial charge in [-0.05, 0) is 48.7 Å². The quantitative estimate of drug-likeness (QED) is 0.300.